The van der Waals surface area contributed by atoms with E-state index in [0.29, 0.717) is 49.5 Å². The zero-order valence-electron chi connectivity index (χ0n) is 26.8. The summed E-state index contributed by atoms with van der Waals surface area (Å²) in [6, 6.07) is 19.8. The highest BCUT2D eigenvalue weighted by atomic mass is 19.1. The minimum atomic E-state index is -0.683. The first kappa shape index (κ1) is 34.9. The predicted octanol–water partition coefficient (Wildman–Crippen LogP) is 5.33. The van der Waals surface area contributed by atoms with Gasteiger partial charge in [-0.05, 0) is 60.6 Å². The largest absolute Gasteiger partial charge is 0.354 e. The molecule has 0 saturated heterocycles. The van der Waals surface area contributed by atoms with Crippen LogP contribution in [0.3, 0.4) is 0 Å². The van der Waals surface area contributed by atoms with Crippen LogP contribution in [0, 0.1) is 23.1 Å². The molecule has 0 aromatic heterocycles. The number of amides is 3. The molecular formula is C36H44FN5O3. The Kier molecular flexibility index (Phi) is 13.3. The highest BCUT2D eigenvalue weighted by molar-refractivity contribution is 6.01. The maximum absolute atomic E-state index is 14.6. The Hall–Kier alpha value is -4.55. The first-order chi connectivity index (χ1) is 21.6. The van der Waals surface area contributed by atoms with Crippen LogP contribution in [0.5, 0.6) is 0 Å². The van der Waals surface area contributed by atoms with Gasteiger partial charge in [-0.25, -0.2) is 4.39 Å². The lowest BCUT2D eigenvalue weighted by Gasteiger charge is -2.24. The van der Waals surface area contributed by atoms with Crippen LogP contribution in [-0.2, 0) is 11.2 Å². The van der Waals surface area contributed by atoms with E-state index in [9.17, 15) is 24.0 Å². The number of carbonyl (C=O) groups excluding carboxylic acids is 3. The van der Waals surface area contributed by atoms with Gasteiger partial charge in [-0.15, -0.1) is 0 Å². The summed E-state index contributed by atoms with van der Waals surface area (Å²) in [5, 5.41) is 19.1. The van der Waals surface area contributed by atoms with Crippen molar-refractivity contribution in [3.63, 3.8) is 0 Å². The molecule has 0 aliphatic carbocycles. The fourth-order valence-corrected chi connectivity index (χ4v) is 5.05. The van der Waals surface area contributed by atoms with Crippen LogP contribution >= 0.6 is 0 Å². The van der Waals surface area contributed by atoms with Crippen molar-refractivity contribution >= 4 is 17.7 Å². The molecule has 8 nitrogen and oxygen atoms in total. The third-order valence-electron chi connectivity index (χ3n) is 7.46. The molecule has 0 radical (unpaired) electrons. The van der Waals surface area contributed by atoms with E-state index in [1.165, 1.54) is 18.2 Å². The van der Waals surface area contributed by atoms with Gasteiger partial charge in [-0.3, -0.25) is 14.4 Å². The quantitative estimate of drug-likeness (QED) is 0.215. The molecule has 9 heteroatoms. The van der Waals surface area contributed by atoms with Gasteiger partial charge in [0.25, 0.3) is 11.8 Å². The van der Waals surface area contributed by atoms with E-state index >= 15 is 0 Å². The van der Waals surface area contributed by atoms with Crippen LogP contribution in [0.25, 0.3) is 11.1 Å². The second-order valence-corrected chi connectivity index (χ2v) is 11.7. The molecule has 0 bridgehead atoms. The van der Waals surface area contributed by atoms with Gasteiger partial charge in [-0.2, -0.15) is 5.26 Å². The molecule has 0 fully saturated rings. The average Bonchev–Trinajstić information content (AvgIpc) is 3.03. The summed E-state index contributed by atoms with van der Waals surface area (Å²) in [5.41, 5.74) is 1.98. The van der Waals surface area contributed by atoms with Crippen molar-refractivity contribution in [3.8, 4) is 17.2 Å². The zero-order valence-corrected chi connectivity index (χ0v) is 26.8. The molecule has 0 unspecified atom stereocenters. The second-order valence-electron chi connectivity index (χ2n) is 11.7. The summed E-state index contributed by atoms with van der Waals surface area (Å²) in [4.78, 5) is 41.6. The lowest BCUT2D eigenvalue weighted by molar-refractivity contribution is -0.123. The lowest BCUT2D eigenvalue weighted by atomic mass is 9.95. The Morgan fingerprint density at radius 3 is 2.31 bits per heavy atom. The van der Waals surface area contributed by atoms with Gasteiger partial charge in [0.05, 0.1) is 11.6 Å². The highest BCUT2D eigenvalue weighted by Gasteiger charge is 2.23. The predicted molar refractivity (Wildman–Crippen MR) is 175 cm³/mol. The molecule has 2 atom stereocenters. The Bertz CT molecular complexity index is 1500. The van der Waals surface area contributed by atoms with Crippen LogP contribution in [0.4, 0.5) is 4.39 Å². The monoisotopic (exact) mass is 613 g/mol. The number of benzene rings is 3. The highest BCUT2D eigenvalue weighted by Crippen LogP contribution is 2.28. The molecule has 0 spiro atoms. The van der Waals surface area contributed by atoms with E-state index in [1.807, 2.05) is 64.1 Å². The van der Waals surface area contributed by atoms with E-state index in [4.69, 9.17) is 0 Å². The maximum Gasteiger partial charge on any atom is 0.253 e. The smallest absolute Gasteiger partial charge is 0.253 e. The first-order valence-electron chi connectivity index (χ1n) is 15.5. The van der Waals surface area contributed by atoms with Crippen LogP contribution in [0.15, 0.2) is 66.7 Å². The van der Waals surface area contributed by atoms with Gasteiger partial charge in [0.1, 0.15) is 11.9 Å². The van der Waals surface area contributed by atoms with Crippen LogP contribution in [-0.4, -0.2) is 61.4 Å². The number of nitrogens with one attached hydrogen (secondary N) is 3. The van der Waals surface area contributed by atoms with Gasteiger partial charge in [0.2, 0.25) is 5.91 Å². The van der Waals surface area contributed by atoms with Crippen molar-refractivity contribution in [1.29, 1.82) is 5.26 Å². The molecule has 3 amide bonds. The average molecular weight is 614 g/mol. The second kappa shape index (κ2) is 17.1. The molecule has 238 valence electrons. The number of hydrogen-bond acceptors (Lipinski definition) is 5. The molecule has 45 heavy (non-hydrogen) atoms. The fraction of sp³-hybridized carbons (Fsp3) is 0.389. The summed E-state index contributed by atoms with van der Waals surface area (Å²) >= 11 is 0. The number of nitrogens with zero attached hydrogens (tertiary/aromatic N) is 2. The van der Waals surface area contributed by atoms with Gasteiger partial charge >= 0.3 is 0 Å². The van der Waals surface area contributed by atoms with Crippen molar-refractivity contribution in [2.24, 2.45) is 5.92 Å². The minimum Gasteiger partial charge on any atom is -0.354 e. The van der Waals surface area contributed by atoms with Gasteiger partial charge < -0.3 is 20.9 Å². The maximum atomic E-state index is 14.6. The lowest BCUT2D eigenvalue weighted by Crippen LogP contribution is -2.50. The molecule has 0 heterocycles. The number of hydrogen-bond donors (Lipinski definition) is 3. The van der Waals surface area contributed by atoms with E-state index in [-0.39, 0.29) is 28.5 Å². The van der Waals surface area contributed by atoms with E-state index in [2.05, 4.69) is 16.0 Å². The fourth-order valence-electron chi connectivity index (χ4n) is 5.05. The SMILES string of the molecule is CCCN(C)C(=O)c1cc(C(=O)N[C@H](CN[C@@H](CC)C(=O)NCC(C)C)Cc2ccccc2)cc(-c2cccc(F)c2C#N)c1. The third kappa shape index (κ3) is 9.98. The molecule has 0 aliphatic heterocycles. The number of carbonyl (C=O) groups is 3. The molecule has 3 rings (SSSR count). The van der Waals surface area contributed by atoms with E-state index in [1.54, 1.807) is 30.1 Å². The van der Waals surface area contributed by atoms with Gasteiger partial charge in [0.15, 0.2) is 0 Å². The summed E-state index contributed by atoms with van der Waals surface area (Å²) < 4.78 is 14.6. The zero-order chi connectivity index (χ0) is 32.9. The van der Waals surface area contributed by atoms with Crippen LogP contribution in [0.2, 0.25) is 0 Å². The number of nitriles is 1. The first-order valence-corrected chi connectivity index (χ1v) is 15.5. The van der Waals surface area contributed by atoms with Gasteiger partial charge in [-0.1, -0.05) is 70.2 Å². The normalized spacial score (nSPS) is 12.2. The van der Waals surface area contributed by atoms with E-state index < -0.39 is 23.8 Å². The van der Waals surface area contributed by atoms with Crippen molar-refractivity contribution < 1.29 is 18.8 Å². The van der Waals surface area contributed by atoms with Crippen LogP contribution in [0.1, 0.15) is 72.4 Å². The summed E-state index contributed by atoms with van der Waals surface area (Å²) in [6.45, 7) is 9.37. The Labute approximate surface area is 266 Å². The summed E-state index contributed by atoms with van der Waals surface area (Å²) in [6.07, 6.45) is 1.82. The number of halogens is 1. The van der Waals surface area contributed by atoms with E-state index in [0.717, 1.165) is 12.0 Å². The molecule has 3 aromatic rings. The Morgan fingerprint density at radius 2 is 1.67 bits per heavy atom. The van der Waals surface area contributed by atoms with Crippen LogP contribution < -0.4 is 16.0 Å². The summed E-state index contributed by atoms with van der Waals surface area (Å²) in [5.74, 6) is -1.17. The van der Waals surface area contributed by atoms with Crippen molar-refractivity contribution in [3.05, 3.63) is 94.8 Å². The Morgan fingerprint density at radius 1 is 0.956 bits per heavy atom. The molecule has 3 aromatic carbocycles. The van der Waals surface area contributed by atoms with Crippen molar-refractivity contribution in [1.82, 2.24) is 20.9 Å². The summed E-state index contributed by atoms with van der Waals surface area (Å²) in [7, 11) is 1.68. The molecule has 0 aliphatic rings. The minimum absolute atomic E-state index is 0.0913. The molecular weight excluding hydrogens is 569 g/mol. The molecule has 3 N–H and O–H groups in total. The number of rotatable bonds is 15. The third-order valence-corrected chi connectivity index (χ3v) is 7.46. The standard InChI is InChI=1S/C36H44FN5O3/c1-6-16-42(5)36(45)28-19-26(30-14-11-15-32(37)31(30)21-38)18-27(20-28)34(43)41-29(17-25-12-9-8-10-13-25)23-39-33(7-2)35(44)40-22-24(3)4/h8-15,18-20,24,29,33,39H,6-7,16-17,22-23H2,1-5H3,(H,40,44)(H,41,43)/t29-,33-/m0/s1. The molecule has 0 saturated carbocycles. The van der Waals surface area contributed by atoms with Crippen molar-refractivity contribution in [2.75, 3.05) is 26.7 Å². The van der Waals surface area contributed by atoms with Crippen molar-refractivity contribution in [2.45, 2.75) is 59.0 Å². The Balaban J connectivity index is 1.97. The van der Waals surface area contributed by atoms with Gasteiger partial charge in [0, 0.05) is 49.4 Å². The topological polar surface area (TPSA) is 114 Å².